The Morgan fingerprint density at radius 3 is 2.11 bits per heavy atom. The van der Waals surface area contributed by atoms with Gasteiger partial charge in [0.15, 0.2) is 8.32 Å². The van der Waals surface area contributed by atoms with Crippen LogP contribution < -0.4 is 0 Å². The molecule has 1 rings (SSSR count). The highest BCUT2D eigenvalue weighted by atomic mass is 28.4. The van der Waals surface area contributed by atoms with Crippen molar-refractivity contribution in [2.24, 2.45) is 5.41 Å². The Bertz CT molecular complexity index is 421. The summed E-state index contributed by atoms with van der Waals surface area (Å²) in [4.78, 5) is 12.0. The van der Waals surface area contributed by atoms with Crippen LogP contribution in [-0.4, -0.2) is 21.4 Å². The van der Waals surface area contributed by atoms with Crippen LogP contribution in [0.15, 0.2) is 30.3 Å². The summed E-state index contributed by atoms with van der Waals surface area (Å²) in [5, 5.41) is 0. The van der Waals surface area contributed by atoms with Crippen molar-refractivity contribution in [2.75, 3.05) is 7.11 Å². The van der Waals surface area contributed by atoms with E-state index in [1.165, 1.54) is 7.11 Å². The van der Waals surface area contributed by atoms with Gasteiger partial charge in [0, 0.05) is 0 Å². The molecule has 4 heteroatoms. The van der Waals surface area contributed by atoms with Crippen LogP contribution in [0.3, 0.4) is 0 Å². The number of benzene rings is 1. The highest BCUT2D eigenvalue weighted by Gasteiger charge is 2.41. The number of carbonyl (C=O) groups is 1. The minimum atomic E-state index is -1.78. The van der Waals surface area contributed by atoms with Crippen LogP contribution in [0.2, 0.25) is 19.6 Å². The van der Waals surface area contributed by atoms with Gasteiger partial charge in [0.25, 0.3) is 0 Å². The van der Waals surface area contributed by atoms with E-state index in [2.05, 4.69) is 19.6 Å². The number of carbonyl (C=O) groups excluding carboxylic acids is 1. The van der Waals surface area contributed by atoms with E-state index in [0.717, 1.165) is 5.56 Å². The van der Waals surface area contributed by atoms with Gasteiger partial charge < -0.3 is 9.16 Å². The van der Waals surface area contributed by atoms with E-state index in [0.29, 0.717) is 0 Å². The van der Waals surface area contributed by atoms with Crippen LogP contribution >= 0.6 is 0 Å². The van der Waals surface area contributed by atoms with Crippen molar-refractivity contribution in [1.82, 2.24) is 0 Å². The molecule has 0 aliphatic rings. The maximum Gasteiger partial charge on any atom is 0.314 e. The summed E-state index contributed by atoms with van der Waals surface area (Å²) in [5.41, 5.74) is 0.302. The van der Waals surface area contributed by atoms with E-state index in [9.17, 15) is 4.79 Å². The van der Waals surface area contributed by atoms with Crippen molar-refractivity contribution in [1.29, 1.82) is 0 Å². The van der Waals surface area contributed by atoms with Crippen LogP contribution in [-0.2, 0) is 14.0 Å². The van der Waals surface area contributed by atoms with Gasteiger partial charge in [-0.05, 0) is 39.1 Å². The Balaban J connectivity index is 3.17. The zero-order chi connectivity index (χ0) is 14.7. The van der Waals surface area contributed by atoms with E-state index >= 15 is 0 Å². The molecule has 19 heavy (non-hydrogen) atoms. The van der Waals surface area contributed by atoms with Gasteiger partial charge in [0.2, 0.25) is 0 Å². The van der Waals surface area contributed by atoms with E-state index < -0.39 is 13.7 Å². The zero-order valence-corrected chi connectivity index (χ0v) is 13.7. The van der Waals surface area contributed by atoms with Crippen molar-refractivity contribution in [2.45, 2.75) is 39.6 Å². The fraction of sp³-hybridized carbons (Fsp3) is 0.533. The molecular formula is C15H24O3Si. The Morgan fingerprint density at radius 2 is 1.68 bits per heavy atom. The predicted molar refractivity (Wildman–Crippen MR) is 79.4 cm³/mol. The molecule has 0 heterocycles. The fourth-order valence-electron chi connectivity index (χ4n) is 1.98. The summed E-state index contributed by atoms with van der Waals surface area (Å²) in [6.07, 6.45) is -0.284. The second-order valence-electron chi connectivity index (χ2n) is 6.23. The maximum atomic E-state index is 12.0. The van der Waals surface area contributed by atoms with Gasteiger partial charge in [-0.15, -0.1) is 0 Å². The Kier molecular flexibility index (Phi) is 4.93. The first-order chi connectivity index (χ1) is 8.68. The van der Waals surface area contributed by atoms with E-state index in [-0.39, 0.29) is 12.1 Å². The third-order valence-electron chi connectivity index (χ3n) is 2.94. The Labute approximate surface area is 117 Å². The standard InChI is InChI=1S/C15H24O3Si/c1-15(2,14(16)17-3)13(18-19(4,5)6)12-10-8-7-9-11-12/h7-11,13H,1-6H3/t13-/m1/s1. The molecule has 0 fully saturated rings. The summed E-state index contributed by atoms with van der Waals surface area (Å²) < 4.78 is 11.2. The predicted octanol–water partition coefficient (Wildman–Crippen LogP) is 3.78. The molecule has 0 amide bonds. The molecule has 0 spiro atoms. The van der Waals surface area contributed by atoms with E-state index in [4.69, 9.17) is 9.16 Å². The first-order valence-corrected chi connectivity index (χ1v) is 9.90. The lowest BCUT2D eigenvalue weighted by molar-refractivity contribution is -0.156. The minimum absolute atomic E-state index is 0.250. The van der Waals surface area contributed by atoms with Crippen LogP contribution in [0.5, 0.6) is 0 Å². The lowest BCUT2D eigenvalue weighted by Gasteiger charge is -2.36. The lowest BCUT2D eigenvalue weighted by Crippen LogP contribution is -2.39. The second kappa shape index (κ2) is 5.88. The molecule has 0 aliphatic heterocycles. The van der Waals surface area contributed by atoms with Gasteiger partial charge in [-0.3, -0.25) is 4.79 Å². The quantitative estimate of drug-likeness (QED) is 0.608. The number of hydrogen-bond donors (Lipinski definition) is 0. The van der Waals surface area contributed by atoms with Crippen molar-refractivity contribution in [3.05, 3.63) is 35.9 Å². The van der Waals surface area contributed by atoms with Gasteiger partial charge >= 0.3 is 5.97 Å². The molecule has 0 radical (unpaired) electrons. The van der Waals surface area contributed by atoms with Crippen LogP contribution in [0.4, 0.5) is 0 Å². The first kappa shape index (κ1) is 15.9. The molecule has 1 aromatic rings. The van der Waals surface area contributed by atoms with Crippen molar-refractivity contribution < 1.29 is 14.0 Å². The molecule has 0 N–H and O–H groups in total. The largest absolute Gasteiger partial charge is 0.469 e. The lowest BCUT2D eigenvalue weighted by atomic mass is 9.83. The fourth-order valence-corrected chi connectivity index (χ4v) is 3.12. The number of rotatable bonds is 5. The summed E-state index contributed by atoms with van der Waals surface area (Å²) in [6.45, 7) is 10.1. The molecule has 1 aromatic carbocycles. The number of hydrogen-bond acceptors (Lipinski definition) is 3. The molecule has 0 aromatic heterocycles. The van der Waals surface area contributed by atoms with Gasteiger partial charge in [-0.2, -0.15) is 0 Å². The van der Waals surface area contributed by atoms with Crippen molar-refractivity contribution in [3.63, 3.8) is 0 Å². The zero-order valence-electron chi connectivity index (χ0n) is 12.7. The van der Waals surface area contributed by atoms with Crippen molar-refractivity contribution >= 4 is 14.3 Å². The normalized spacial score (nSPS) is 14.0. The van der Waals surface area contributed by atoms with Crippen LogP contribution in [0, 0.1) is 5.41 Å². The maximum absolute atomic E-state index is 12.0. The Morgan fingerprint density at radius 1 is 1.16 bits per heavy atom. The third kappa shape index (κ3) is 4.18. The summed E-state index contributed by atoms with van der Waals surface area (Å²) in [6, 6.07) is 9.87. The number of ether oxygens (including phenoxy) is 1. The van der Waals surface area contributed by atoms with E-state index in [1.807, 2.05) is 44.2 Å². The summed E-state index contributed by atoms with van der Waals surface area (Å²) in [5.74, 6) is -0.250. The van der Waals surface area contributed by atoms with Gasteiger partial charge in [0.05, 0.1) is 18.6 Å². The molecule has 106 valence electrons. The molecule has 0 saturated carbocycles. The summed E-state index contributed by atoms with van der Waals surface area (Å²) in [7, 11) is -0.362. The topological polar surface area (TPSA) is 35.5 Å². The first-order valence-electron chi connectivity index (χ1n) is 6.49. The number of esters is 1. The van der Waals surface area contributed by atoms with Gasteiger partial charge in [-0.25, -0.2) is 0 Å². The molecule has 0 saturated heterocycles. The monoisotopic (exact) mass is 280 g/mol. The Hall–Kier alpha value is -1.13. The average Bonchev–Trinajstić information content (AvgIpc) is 2.34. The SMILES string of the molecule is COC(=O)C(C)(C)[C@H](O[Si](C)(C)C)c1ccccc1. The van der Waals surface area contributed by atoms with E-state index in [1.54, 1.807) is 0 Å². The molecule has 0 aliphatic carbocycles. The minimum Gasteiger partial charge on any atom is -0.469 e. The molecular weight excluding hydrogens is 256 g/mol. The van der Waals surface area contributed by atoms with Gasteiger partial charge in [0.1, 0.15) is 0 Å². The summed E-state index contributed by atoms with van der Waals surface area (Å²) >= 11 is 0. The average molecular weight is 280 g/mol. The van der Waals surface area contributed by atoms with Gasteiger partial charge in [-0.1, -0.05) is 30.3 Å². The molecule has 3 nitrogen and oxygen atoms in total. The third-order valence-corrected chi connectivity index (χ3v) is 3.88. The highest BCUT2D eigenvalue weighted by molar-refractivity contribution is 6.69. The van der Waals surface area contributed by atoms with Crippen molar-refractivity contribution in [3.8, 4) is 0 Å². The molecule has 0 unspecified atom stereocenters. The van der Waals surface area contributed by atoms with Crippen LogP contribution in [0.1, 0.15) is 25.5 Å². The highest BCUT2D eigenvalue weighted by Crippen LogP contribution is 2.39. The number of methoxy groups -OCH3 is 1. The second-order valence-corrected chi connectivity index (χ2v) is 10.7. The smallest absolute Gasteiger partial charge is 0.314 e. The van der Waals surface area contributed by atoms with Crippen LogP contribution in [0.25, 0.3) is 0 Å². The molecule has 1 atom stereocenters. The molecule has 0 bridgehead atoms.